The van der Waals surface area contributed by atoms with E-state index >= 15 is 0 Å². The zero-order valence-corrected chi connectivity index (χ0v) is 14.8. The largest absolute Gasteiger partial charge is 0.462 e. The smallest absolute Gasteiger partial charge is 0.338 e. The first-order valence-corrected chi connectivity index (χ1v) is 8.49. The van der Waals surface area contributed by atoms with Gasteiger partial charge in [-0.25, -0.2) is 9.59 Å². The topological polar surface area (TPSA) is 67.4 Å². The fourth-order valence-electron chi connectivity index (χ4n) is 2.23. The second kappa shape index (κ2) is 9.69. The van der Waals surface area contributed by atoms with Crippen molar-refractivity contribution in [2.75, 3.05) is 13.2 Å². The van der Waals surface area contributed by atoms with Gasteiger partial charge in [-0.05, 0) is 42.7 Å². The SMILES string of the molecule is CCOC(=O)c1ccc(CNC(=O)NCCc2ccccc2Cl)cc1. The molecule has 6 heteroatoms. The van der Waals surface area contributed by atoms with Crippen molar-refractivity contribution in [3.05, 3.63) is 70.2 Å². The van der Waals surface area contributed by atoms with E-state index in [9.17, 15) is 9.59 Å². The molecule has 0 spiro atoms. The van der Waals surface area contributed by atoms with Gasteiger partial charge in [0.05, 0.1) is 12.2 Å². The normalized spacial score (nSPS) is 10.2. The van der Waals surface area contributed by atoms with Gasteiger partial charge in [0.2, 0.25) is 0 Å². The maximum absolute atomic E-state index is 11.8. The lowest BCUT2D eigenvalue weighted by Gasteiger charge is -2.09. The summed E-state index contributed by atoms with van der Waals surface area (Å²) < 4.78 is 4.93. The van der Waals surface area contributed by atoms with Crippen molar-refractivity contribution in [2.24, 2.45) is 0 Å². The maximum atomic E-state index is 11.8. The van der Waals surface area contributed by atoms with Crippen LogP contribution in [0, 0.1) is 0 Å². The molecular formula is C19H21ClN2O3. The van der Waals surface area contributed by atoms with Crippen LogP contribution >= 0.6 is 11.6 Å². The molecule has 2 N–H and O–H groups in total. The minimum absolute atomic E-state index is 0.249. The Balaban J connectivity index is 1.72. The molecule has 0 aliphatic carbocycles. The van der Waals surface area contributed by atoms with Crippen molar-refractivity contribution in [3.63, 3.8) is 0 Å². The van der Waals surface area contributed by atoms with Crippen LogP contribution in [0.1, 0.15) is 28.4 Å². The van der Waals surface area contributed by atoms with Gasteiger partial charge in [0.25, 0.3) is 0 Å². The summed E-state index contributed by atoms with van der Waals surface area (Å²) in [5, 5.41) is 6.27. The number of rotatable bonds is 7. The van der Waals surface area contributed by atoms with Gasteiger partial charge in [-0.1, -0.05) is 41.9 Å². The molecule has 0 unspecified atom stereocenters. The van der Waals surface area contributed by atoms with Crippen LogP contribution in [-0.2, 0) is 17.7 Å². The molecule has 25 heavy (non-hydrogen) atoms. The van der Waals surface area contributed by atoms with Gasteiger partial charge in [0.1, 0.15) is 0 Å². The lowest BCUT2D eigenvalue weighted by atomic mass is 10.1. The Kier molecular flexibility index (Phi) is 7.29. The van der Waals surface area contributed by atoms with Crippen molar-refractivity contribution in [1.82, 2.24) is 10.6 Å². The Bertz CT molecular complexity index is 717. The van der Waals surface area contributed by atoms with Crippen LogP contribution in [0.2, 0.25) is 5.02 Å². The van der Waals surface area contributed by atoms with Gasteiger partial charge in [-0.15, -0.1) is 0 Å². The molecule has 0 heterocycles. The number of urea groups is 1. The van der Waals surface area contributed by atoms with Gasteiger partial charge in [-0.3, -0.25) is 0 Å². The Morgan fingerprint density at radius 3 is 2.44 bits per heavy atom. The van der Waals surface area contributed by atoms with Crippen molar-refractivity contribution in [2.45, 2.75) is 19.9 Å². The van der Waals surface area contributed by atoms with Gasteiger partial charge in [0, 0.05) is 18.1 Å². The predicted octanol–water partition coefficient (Wildman–Crippen LogP) is 3.56. The number of carbonyl (C=O) groups excluding carboxylic acids is 2. The van der Waals surface area contributed by atoms with Crippen LogP contribution < -0.4 is 10.6 Å². The van der Waals surface area contributed by atoms with Crippen LogP contribution in [0.4, 0.5) is 4.79 Å². The molecule has 0 bridgehead atoms. The van der Waals surface area contributed by atoms with E-state index in [0.717, 1.165) is 11.1 Å². The van der Waals surface area contributed by atoms with Crippen LogP contribution in [0.3, 0.4) is 0 Å². The van der Waals surface area contributed by atoms with E-state index in [2.05, 4.69) is 10.6 Å². The lowest BCUT2D eigenvalue weighted by molar-refractivity contribution is 0.0526. The Labute approximate surface area is 152 Å². The van der Waals surface area contributed by atoms with Crippen LogP contribution in [0.5, 0.6) is 0 Å². The van der Waals surface area contributed by atoms with Crippen molar-refractivity contribution >= 4 is 23.6 Å². The molecule has 2 rings (SSSR count). The Hall–Kier alpha value is -2.53. The number of benzene rings is 2. The number of amides is 2. The van der Waals surface area contributed by atoms with E-state index in [1.54, 1.807) is 31.2 Å². The lowest BCUT2D eigenvalue weighted by Crippen LogP contribution is -2.36. The van der Waals surface area contributed by atoms with Crippen molar-refractivity contribution in [1.29, 1.82) is 0 Å². The van der Waals surface area contributed by atoms with Crippen LogP contribution in [-0.4, -0.2) is 25.2 Å². The highest BCUT2D eigenvalue weighted by Crippen LogP contribution is 2.14. The summed E-state index contributed by atoms with van der Waals surface area (Å²) in [6.45, 7) is 2.98. The van der Waals surface area contributed by atoms with Gasteiger partial charge < -0.3 is 15.4 Å². The number of hydrogen-bond acceptors (Lipinski definition) is 3. The first-order chi connectivity index (χ1) is 12.1. The zero-order chi connectivity index (χ0) is 18.1. The minimum atomic E-state index is -0.348. The zero-order valence-electron chi connectivity index (χ0n) is 14.0. The van der Waals surface area contributed by atoms with Crippen molar-refractivity contribution in [3.8, 4) is 0 Å². The average Bonchev–Trinajstić information content (AvgIpc) is 2.62. The third-order valence-electron chi connectivity index (χ3n) is 3.56. The van der Waals surface area contributed by atoms with E-state index in [1.807, 2.05) is 24.3 Å². The van der Waals surface area contributed by atoms with E-state index in [1.165, 1.54) is 0 Å². The van der Waals surface area contributed by atoms with E-state index in [0.29, 0.717) is 36.7 Å². The van der Waals surface area contributed by atoms with E-state index < -0.39 is 0 Å². The molecule has 0 aliphatic heterocycles. The summed E-state index contributed by atoms with van der Waals surface area (Å²) in [6.07, 6.45) is 0.668. The highest BCUT2D eigenvalue weighted by molar-refractivity contribution is 6.31. The third kappa shape index (κ3) is 6.12. The fraction of sp³-hybridized carbons (Fsp3) is 0.263. The molecule has 2 aromatic rings. The highest BCUT2D eigenvalue weighted by atomic mass is 35.5. The molecule has 0 aromatic heterocycles. The molecule has 5 nitrogen and oxygen atoms in total. The monoisotopic (exact) mass is 360 g/mol. The third-order valence-corrected chi connectivity index (χ3v) is 3.92. The average molecular weight is 361 g/mol. The number of ether oxygens (including phenoxy) is 1. The number of carbonyl (C=O) groups is 2. The maximum Gasteiger partial charge on any atom is 0.338 e. The number of nitrogens with one attached hydrogen (secondary N) is 2. The summed E-state index contributed by atoms with van der Waals surface area (Å²) in [6, 6.07) is 14.3. The Morgan fingerprint density at radius 1 is 1.04 bits per heavy atom. The first-order valence-electron chi connectivity index (χ1n) is 8.11. The second-order valence-corrected chi connectivity index (χ2v) is 5.78. The summed E-state index contributed by atoms with van der Waals surface area (Å²) in [4.78, 5) is 23.4. The fourth-order valence-corrected chi connectivity index (χ4v) is 2.46. The first kappa shape index (κ1) is 18.8. The molecule has 0 fully saturated rings. The second-order valence-electron chi connectivity index (χ2n) is 5.37. The molecule has 0 radical (unpaired) electrons. The van der Waals surface area contributed by atoms with E-state index in [4.69, 9.17) is 16.3 Å². The summed E-state index contributed by atoms with van der Waals surface area (Å²) in [5.41, 5.74) is 2.39. The number of esters is 1. The molecule has 0 saturated carbocycles. The van der Waals surface area contributed by atoms with Gasteiger partial charge in [-0.2, -0.15) is 0 Å². The minimum Gasteiger partial charge on any atom is -0.462 e. The summed E-state index contributed by atoms with van der Waals surface area (Å²) >= 11 is 6.07. The van der Waals surface area contributed by atoms with Gasteiger partial charge in [0.15, 0.2) is 0 Å². The van der Waals surface area contributed by atoms with Gasteiger partial charge >= 0.3 is 12.0 Å². The molecule has 132 valence electrons. The standard InChI is InChI=1S/C19H21ClN2O3/c1-2-25-18(23)16-9-7-14(8-10-16)13-22-19(24)21-12-11-15-5-3-4-6-17(15)20/h3-10H,2,11-13H2,1H3,(H2,21,22,24). The molecule has 0 atom stereocenters. The summed E-state index contributed by atoms with van der Waals surface area (Å²) in [7, 11) is 0. The number of hydrogen-bond donors (Lipinski definition) is 2. The van der Waals surface area contributed by atoms with E-state index in [-0.39, 0.29) is 12.0 Å². The quantitative estimate of drug-likeness (QED) is 0.742. The molecule has 0 aliphatic rings. The molecule has 2 aromatic carbocycles. The molecule has 2 amide bonds. The molecule has 0 saturated heterocycles. The van der Waals surface area contributed by atoms with Crippen molar-refractivity contribution < 1.29 is 14.3 Å². The Morgan fingerprint density at radius 2 is 1.76 bits per heavy atom. The summed E-state index contributed by atoms with van der Waals surface area (Å²) in [5.74, 6) is -0.348. The molecular weight excluding hydrogens is 340 g/mol. The highest BCUT2D eigenvalue weighted by Gasteiger charge is 2.06. The van der Waals surface area contributed by atoms with Crippen LogP contribution in [0.25, 0.3) is 0 Å². The number of halogens is 1. The predicted molar refractivity (Wildman–Crippen MR) is 97.8 cm³/mol. The van der Waals surface area contributed by atoms with Crippen LogP contribution in [0.15, 0.2) is 48.5 Å².